The first-order valence-electron chi connectivity index (χ1n) is 6.51. The number of ether oxygens (including phenoxy) is 1. The number of nitrogens with one attached hydrogen (secondary N) is 1. The van der Waals surface area contributed by atoms with Gasteiger partial charge in [-0.05, 0) is 37.5 Å². The molecule has 1 saturated heterocycles. The lowest BCUT2D eigenvalue weighted by atomic mass is 10.1. The van der Waals surface area contributed by atoms with E-state index in [-0.39, 0.29) is 16.8 Å². The van der Waals surface area contributed by atoms with E-state index in [1.807, 2.05) is 0 Å². The molecular weight excluding hydrogens is 278 g/mol. The van der Waals surface area contributed by atoms with Crippen molar-refractivity contribution in [3.8, 4) is 0 Å². The van der Waals surface area contributed by atoms with Crippen molar-refractivity contribution in [2.24, 2.45) is 0 Å². The highest BCUT2D eigenvalue weighted by molar-refractivity contribution is 5.99. The minimum Gasteiger partial charge on any atom is -0.478 e. The van der Waals surface area contributed by atoms with Gasteiger partial charge in [0.15, 0.2) is 0 Å². The van der Waals surface area contributed by atoms with Crippen molar-refractivity contribution >= 4 is 23.5 Å². The number of aromatic carboxylic acids is 2. The monoisotopic (exact) mass is 293 g/mol. The summed E-state index contributed by atoms with van der Waals surface area (Å²) in [5.41, 5.74) is -0.268. The summed E-state index contributed by atoms with van der Waals surface area (Å²) in [6, 6.07) is 3.47. The number of benzene rings is 1. The van der Waals surface area contributed by atoms with Crippen LogP contribution in [0, 0.1) is 0 Å². The Morgan fingerprint density at radius 2 is 1.67 bits per heavy atom. The van der Waals surface area contributed by atoms with Gasteiger partial charge < -0.3 is 20.3 Å². The zero-order chi connectivity index (χ0) is 15.4. The average molecular weight is 293 g/mol. The second-order valence-corrected chi connectivity index (χ2v) is 4.75. The summed E-state index contributed by atoms with van der Waals surface area (Å²) >= 11 is 0. The van der Waals surface area contributed by atoms with Gasteiger partial charge >= 0.3 is 11.9 Å². The van der Waals surface area contributed by atoms with Crippen molar-refractivity contribution < 1.29 is 29.3 Å². The number of carboxylic acids is 2. The molecule has 0 spiro atoms. The molecule has 0 radical (unpaired) electrons. The van der Waals surface area contributed by atoms with E-state index >= 15 is 0 Å². The lowest BCUT2D eigenvalue weighted by Crippen LogP contribution is -2.33. The Bertz CT molecular complexity index is 545. The van der Waals surface area contributed by atoms with Crippen molar-refractivity contribution in [3.05, 3.63) is 29.3 Å². The number of carbonyl (C=O) groups is 3. The molecule has 1 unspecified atom stereocenters. The fourth-order valence-electron chi connectivity index (χ4n) is 2.12. The third kappa shape index (κ3) is 3.79. The average Bonchev–Trinajstić information content (AvgIpc) is 2.47. The van der Waals surface area contributed by atoms with Crippen LogP contribution in [0.1, 0.15) is 40.0 Å². The van der Waals surface area contributed by atoms with Gasteiger partial charge in [-0.3, -0.25) is 4.79 Å². The molecule has 1 atom stereocenters. The van der Waals surface area contributed by atoms with Crippen LogP contribution in [0.2, 0.25) is 0 Å². The lowest BCUT2D eigenvalue weighted by Gasteiger charge is -2.21. The molecule has 21 heavy (non-hydrogen) atoms. The minimum absolute atomic E-state index is 0.131. The van der Waals surface area contributed by atoms with Crippen LogP contribution in [0.5, 0.6) is 0 Å². The van der Waals surface area contributed by atoms with Gasteiger partial charge in [-0.25, -0.2) is 9.59 Å². The maximum Gasteiger partial charge on any atom is 0.335 e. The Kier molecular flexibility index (Phi) is 4.54. The van der Waals surface area contributed by atoms with Crippen LogP contribution in [-0.2, 0) is 9.53 Å². The zero-order valence-corrected chi connectivity index (χ0v) is 11.2. The topological polar surface area (TPSA) is 113 Å². The lowest BCUT2D eigenvalue weighted by molar-refractivity contribution is -0.129. The molecule has 0 bridgehead atoms. The number of hydrogen-bond acceptors (Lipinski definition) is 4. The Labute approximate surface area is 120 Å². The highest BCUT2D eigenvalue weighted by Crippen LogP contribution is 2.18. The molecular formula is C14H15NO6. The summed E-state index contributed by atoms with van der Waals surface area (Å²) in [4.78, 5) is 34.0. The first kappa shape index (κ1) is 15.0. The molecule has 7 nitrogen and oxygen atoms in total. The molecule has 0 saturated carbocycles. The van der Waals surface area contributed by atoms with Crippen molar-refractivity contribution in [2.45, 2.75) is 25.4 Å². The number of hydrogen-bond donors (Lipinski definition) is 3. The predicted molar refractivity (Wildman–Crippen MR) is 72.6 cm³/mol. The summed E-state index contributed by atoms with van der Waals surface area (Å²) < 4.78 is 5.32. The van der Waals surface area contributed by atoms with Crippen molar-refractivity contribution in [1.82, 2.24) is 0 Å². The normalized spacial score (nSPS) is 18.0. The van der Waals surface area contributed by atoms with Gasteiger partial charge in [0.25, 0.3) is 5.91 Å². The highest BCUT2D eigenvalue weighted by atomic mass is 16.5. The van der Waals surface area contributed by atoms with Crippen LogP contribution < -0.4 is 5.32 Å². The number of anilines is 1. The molecule has 1 aromatic carbocycles. The van der Waals surface area contributed by atoms with Crippen LogP contribution in [0.15, 0.2) is 18.2 Å². The predicted octanol–water partition coefficient (Wildman–Crippen LogP) is 1.59. The highest BCUT2D eigenvalue weighted by Gasteiger charge is 2.22. The maximum atomic E-state index is 12.0. The van der Waals surface area contributed by atoms with E-state index in [4.69, 9.17) is 14.9 Å². The van der Waals surface area contributed by atoms with Crippen LogP contribution in [-0.4, -0.2) is 40.8 Å². The summed E-state index contributed by atoms with van der Waals surface area (Å²) in [5.74, 6) is -2.92. The molecule has 1 aliphatic heterocycles. The van der Waals surface area contributed by atoms with Gasteiger partial charge in [-0.1, -0.05) is 0 Å². The van der Waals surface area contributed by atoms with Crippen LogP contribution in [0.4, 0.5) is 5.69 Å². The molecule has 1 fully saturated rings. The summed E-state index contributed by atoms with van der Waals surface area (Å²) in [5, 5.41) is 20.4. The van der Waals surface area contributed by atoms with Gasteiger partial charge in [0.1, 0.15) is 6.10 Å². The van der Waals surface area contributed by atoms with E-state index in [0.29, 0.717) is 13.0 Å². The van der Waals surface area contributed by atoms with Crippen molar-refractivity contribution in [1.29, 1.82) is 0 Å². The molecule has 1 aromatic rings. The van der Waals surface area contributed by atoms with Gasteiger partial charge in [-0.2, -0.15) is 0 Å². The van der Waals surface area contributed by atoms with Crippen LogP contribution >= 0.6 is 0 Å². The molecule has 0 aliphatic carbocycles. The zero-order valence-electron chi connectivity index (χ0n) is 11.2. The molecule has 7 heteroatoms. The van der Waals surface area contributed by atoms with E-state index in [9.17, 15) is 14.4 Å². The number of carboxylic acid groups (broad SMARTS) is 2. The molecule has 112 valence electrons. The smallest absolute Gasteiger partial charge is 0.335 e. The third-order valence-electron chi connectivity index (χ3n) is 3.17. The second kappa shape index (κ2) is 6.36. The number of amides is 1. The van der Waals surface area contributed by atoms with Crippen molar-refractivity contribution in [3.63, 3.8) is 0 Å². The Balaban J connectivity index is 2.20. The molecule has 1 heterocycles. The van der Waals surface area contributed by atoms with Crippen molar-refractivity contribution in [2.75, 3.05) is 11.9 Å². The fourth-order valence-corrected chi connectivity index (χ4v) is 2.12. The summed E-state index contributed by atoms with van der Waals surface area (Å²) in [6.45, 7) is 0.508. The molecule has 1 aliphatic rings. The minimum atomic E-state index is -1.26. The Morgan fingerprint density at radius 1 is 1.05 bits per heavy atom. The fraction of sp³-hybridized carbons (Fsp3) is 0.357. The first-order valence-corrected chi connectivity index (χ1v) is 6.51. The number of rotatable bonds is 4. The second-order valence-electron chi connectivity index (χ2n) is 4.75. The first-order chi connectivity index (χ1) is 9.97. The van der Waals surface area contributed by atoms with Gasteiger partial charge in [0, 0.05) is 12.3 Å². The third-order valence-corrected chi connectivity index (χ3v) is 3.17. The molecule has 1 amide bonds. The van der Waals surface area contributed by atoms with Crippen LogP contribution in [0.3, 0.4) is 0 Å². The molecule has 2 rings (SSSR count). The number of carbonyl (C=O) groups excluding carboxylic acids is 1. The Hall–Kier alpha value is -2.41. The molecule has 3 N–H and O–H groups in total. The van der Waals surface area contributed by atoms with Gasteiger partial charge in [0.2, 0.25) is 0 Å². The Morgan fingerprint density at radius 3 is 2.14 bits per heavy atom. The maximum absolute atomic E-state index is 12.0. The van der Waals surface area contributed by atoms with Crippen LogP contribution in [0.25, 0.3) is 0 Å². The summed E-state index contributed by atoms with van der Waals surface area (Å²) in [6.07, 6.45) is 1.80. The quantitative estimate of drug-likeness (QED) is 0.777. The summed E-state index contributed by atoms with van der Waals surface area (Å²) in [7, 11) is 0. The standard InChI is InChI=1S/C14H15NO6/c16-12(11-3-1-2-4-21-11)15-10-6-8(13(17)18)5-9(7-10)14(19)20/h5-7,11H,1-4H2,(H,15,16)(H,17,18)(H,19,20). The largest absolute Gasteiger partial charge is 0.478 e. The SMILES string of the molecule is O=C(O)c1cc(NC(=O)C2CCCCO2)cc(C(=O)O)c1. The van der Waals surface area contributed by atoms with E-state index < -0.39 is 23.9 Å². The van der Waals surface area contributed by atoms with E-state index in [0.717, 1.165) is 18.9 Å². The van der Waals surface area contributed by atoms with E-state index in [2.05, 4.69) is 5.32 Å². The van der Waals surface area contributed by atoms with Gasteiger partial charge in [-0.15, -0.1) is 0 Å². The van der Waals surface area contributed by atoms with E-state index in [1.165, 1.54) is 12.1 Å². The van der Waals surface area contributed by atoms with Gasteiger partial charge in [0.05, 0.1) is 11.1 Å². The molecule has 0 aromatic heterocycles. The van der Waals surface area contributed by atoms with E-state index in [1.54, 1.807) is 0 Å².